The van der Waals surface area contributed by atoms with Gasteiger partial charge in [0.15, 0.2) is 0 Å². The van der Waals surface area contributed by atoms with Gasteiger partial charge in [0.05, 0.1) is 6.61 Å². The van der Waals surface area contributed by atoms with E-state index >= 15 is 0 Å². The number of carbonyl (C=O) groups is 6. The van der Waals surface area contributed by atoms with Gasteiger partial charge in [0, 0.05) is 17.8 Å². The van der Waals surface area contributed by atoms with Crippen molar-refractivity contribution >= 4 is 47.8 Å². The lowest BCUT2D eigenvalue weighted by atomic mass is 9.95. The van der Waals surface area contributed by atoms with Crippen LogP contribution in [0.5, 0.6) is 0 Å². The van der Waals surface area contributed by atoms with E-state index < -0.39 is 64.2 Å². The van der Waals surface area contributed by atoms with Gasteiger partial charge < -0.3 is 35.1 Å². The third-order valence-electron chi connectivity index (χ3n) is 6.54. The van der Waals surface area contributed by atoms with Crippen LogP contribution in [0.25, 0.3) is 0 Å². The molecule has 0 aliphatic carbocycles. The number of amides is 6. The molecular weight excluding hydrogens is 546 g/mol. The van der Waals surface area contributed by atoms with Crippen molar-refractivity contribution in [1.82, 2.24) is 25.8 Å². The zero-order valence-corrected chi connectivity index (χ0v) is 23.0. The Balaban J connectivity index is 1.40. The van der Waals surface area contributed by atoms with Crippen molar-refractivity contribution in [3.63, 3.8) is 0 Å². The standard InChI is InChI=1S/C25H31N5O9S/c1-4-37-24(36)39-13-12-38-21(33)17-25(2,3)40-20-16(19(32)30(17)20)27-18(31)15(14-8-6-5-7-9-14)28-23(35)29-11-10-26-22(29)34/h5-9,15-17,20H,4,10-13H2,1-3H3,(H,26,34)(H,27,31)(H,28,35)/t15?,16-,17+,20-/m1/s1. The van der Waals surface area contributed by atoms with Crippen LogP contribution in [0, 0.1) is 0 Å². The average Bonchev–Trinajstić information content (AvgIpc) is 3.46. The van der Waals surface area contributed by atoms with Gasteiger partial charge in [-0.15, -0.1) is 11.8 Å². The summed E-state index contributed by atoms with van der Waals surface area (Å²) in [6, 6.07) is 4.08. The first kappa shape index (κ1) is 29.0. The molecule has 1 unspecified atom stereocenters. The number of nitrogens with zero attached hydrogens (tertiary/aromatic N) is 2. The number of thioether (sulfide) groups is 1. The van der Waals surface area contributed by atoms with E-state index in [-0.39, 0.29) is 26.4 Å². The Hall–Kier alpha value is -4.01. The van der Waals surface area contributed by atoms with Crippen molar-refractivity contribution in [3.8, 4) is 0 Å². The molecule has 216 valence electrons. The fraction of sp³-hybridized carbons (Fsp3) is 0.520. The van der Waals surface area contributed by atoms with Gasteiger partial charge in [-0.05, 0) is 26.3 Å². The molecule has 1 aromatic carbocycles. The molecule has 0 bridgehead atoms. The number of rotatable bonds is 9. The Bertz CT molecular complexity index is 1180. The van der Waals surface area contributed by atoms with Crippen molar-refractivity contribution in [1.29, 1.82) is 0 Å². The molecule has 14 nitrogen and oxygen atoms in total. The zero-order chi connectivity index (χ0) is 29.0. The largest absolute Gasteiger partial charge is 0.508 e. The van der Waals surface area contributed by atoms with Crippen molar-refractivity contribution in [2.45, 2.75) is 49.0 Å². The number of nitrogens with one attached hydrogen (secondary N) is 3. The van der Waals surface area contributed by atoms with Crippen LogP contribution in [0.3, 0.4) is 0 Å². The number of ether oxygens (including phenoxy) is 3. The molecule has 0 aromatic heterocycles. The first-order valence-electron chi connectivity index (χ1n) is 12.7. The van der Waals surface area contributed by atoms with Crippen molar-refractivity contribution in [2.75, 3.05) is 32.9 Å². The van der Waals surface area contributed by atoms with E-state index in [0.29, 0.717) is 12.1 Å². The lowest BCUT2D eigenvalue weighted by molar-refractivity contribution is -0.165. The van der Waals surface area contributed by atoms with E-state index in [4.69, 9.17) is 9.47 Å². The number of β-lactam (4-membered cyclic amide) rings is 1. The van der Waals surface area contributed by atoms with Gasteiger partial charge in [-0.25, -0.2) is 24.1 Å². The van der Waals surface area contributed by atoms with E-state index in [1.807, 2.05) is 0 Å². The molecule has 3 aliphatic heterocycles. The normalized spacial score (nSPS) is 23.3. The van der Waals surface area contributed by atoms with Gasteiger partial charge in [0.2, 0.25) is 11.8 Å². The summed E-state index contributed by atoms with van der Waals surface area (Å²) in [4.78, 5) is 77.7. The molecule has 1 aromatic rings. The van der Waals surface area contributed by atoms with Gasteiger partial charge in [0.25, 0.3) is 0 Å². The maximum absolute atomic E-state index is 13.4. The summed E-state index contributed by atoms with van der Waals surface area (Å²) < 4.78 is 13.9. The second kappa shape index (κ2) is 12.0. The predicted molar refractivity (Wildman–Crippen MR) is 140 cm³/mol. The second-order valence-corrected chi connectivity index (χ2v) is 11.4. The Kier molecular flexibility index (Phi) is 8.71. The monoisotopic (exact) mass is 577 g/mol. The third kappa shape index (κ3) is 5.93. The predicted octanol–water partition coefficient (Wildman–Crippen LogP) is 0.726. The number of hydrogen-bond donors (Lipinski definition) is 3. The molecule has 40 heavy (non-hydrogen) atoms. The van der Waals surface area contributed by atoms with Crippen LogP contribution in [0.1, 0.15) is 32.4 Å². The molecule has 4 atom stereocenters. The quantitative estimate of drug-likeness (QED) is 0.216. The molecule has 0 radical (unpaired) electrons. The van der Waals surface area contributed by atoms with Crippen molar-refractivity contribution < 1.29 is 43.0 Å². The van der Waals surface area contributed by atoms with Crippen molar-refractivity contribution in [2.24, 2.45) is 0 Å². The zero-order valence-electron chi connectivity index (χ0n) is 22.2. The van der Waals surface area contributed by atoms with Crippen LogP contribution < -0.4 is 16.0 Å². The molecule has 0 saturated carbocycles. The van der Waals surface area contributed by atoms with Crippen LogP contribution in [0.4, 0.5) is 14.4 Å². The van der Waals surface area contributed by atoms with Crippen LogP contribution in [-0.2, 0) is 28.6 Å². The first-order chi connectivity index (χ1) is 19.0. The highest BCUT2D eigenvalue weighted by Gasteiger charge is 2.64. The summed E-state index contributed by atoms with van der Waals surface area (Å²) >= 11 is 1.34. The third-order valence-corrected chi connectivity index (χ3v) is 8.11. The summed E-state index contributed by atoms with van der Waals surface area (Å²) in [7, 11) is 0. The summed E-state index contributed by atoms with van der Waals surface area (Å²) in [6.07, 6.45) is -0.874. The number of carbonyl (C=O) groups excluding carboxylic acids is 6. The number of fused-ring (bicyclic) bond motifs is 1. The Morgan fingerprint density at radius 1 is 1.10 bits per heavy atom. The highest BCUT2D eigenvalue weighted by molar-refractivity contribution is 8.01. The van der Waals surface area contributed by atoms with E-state index in [0.717, 1.165) is 4.90 Å². The van der Waals surface area contributed by atoms with Crippen LogP contribution in [-0.4, -0.2) is 101 Å². The average molecular weight is 578 g/mol. The Morgan fingerprint density at radius 2 is 1.80 bits per heavy atom. The minimum atomic E-state index is -1.18. The fourth-order valence-corrected chi connectivity index (χ4v) is 6.30. The van der Waals surface area contributed by atoms with E-state index in [1.165, 1.54) is 16.7 Å². The summed E-state index contributed by atoms with van der Waals surface area (Å²) in [6.45, 7) is 5.40. The van der Waals surface area contributed by atoms with Gasteiger partial charge in [0.1, 0.15) is 36.7 Å². The summed E-state index contributed by atoms with van der Waals surface area (Å²) in [5, 5.41) is 7.28. The summed E-state index contributed by atoms with van der Waals surface area (Å²) in [5.41, 5.74) is 0.461. The maximum atomic E-state index is 13.4. The number of urea groups is 2. The summed E-state index contributed by atoms with van der Waals surface area (Å²) in [5.74, 6) is -1.78. The lowest BCUT2D eigenvalue weighted by Gasteiger charge is -2.44. The highest BCUT2D eigenvalue weighted by Crippen LogP contribution is 2.51. The van der Waals surface area contributed by atoms with Crippen LogP contribution in [0.2, 0.25) is 0 Å². The number of esters is 1. The fourth-order valence-electron chi connectivity index (χ4n) is 4.68. The molecule has 3 heterocycles. The molecule has 3 fully saturated rings. The SMILES string of the molecule is CCOC(=O)OCCOC(=O)[C@@H]1N2C(=O)[C@@H](NC(=O)C(NC(=O)N3CCNC3=O)c3ccccc3)[C@H]2SC1(C)C. The van der Waals surface area contributed by atoms with Gasteiger partial charge in [-0.3, -0.25) is 9.59 Å². The molecule has 0 spiro atoms. The van der Waals surface area contributed by atoms with Crippen molar-refractivity contribution in [3.05, 3.63) is 35.9 Å². The van der Waals surface area contributed by atoms with Crippen LogP contribution >= 0.6 is 11.8 Å². The number of benzene rings is 1. The van der Waals surface area contributed by atoms with Crippen LogP contribution in [0.15, 0.2) is 30.3 Å². The number of imide groups is 1. The van der Waals surface area contributed by atoms with Gasteiger partial charge >= 0.3 is 24.2 Å². The Morgan fingerprint density at radius 3 is 2.45 bits per heavy atom. The maximum Gasteiger partial charge on any atom is 0.508 e. The van der Waals surface area contributed by atoms with Gasteiger partial charge in [-0.1, -0.05) is 30.3 Å². The minimum absolute atomic E-state index is 0.149. The van der Waals surface area contributed by atoms with E-state index in [2.05, 4.69) is 20.7 Å². The van der Waals surface area contributed by atoms with E-state index in [1.54, 1.807) is 51.1 Å². The van der Waals surface area contributed by atoms with Gasteiger partial charge in [-0.2, -0.15) is 0 Å². The molecular formula is C25H31N5O9S. The lowest BCUT2D eigenvalue weighted by Crippen LogP contribution is -2.71. The highest BCUT2D eigenvalue weighted by atomic mass is 32.2. The van der Waals surface area contributed by atoms with E-state index in [9.17, 15) is 28.8 Å². The number of hydrogen-bond acceptors (Lipinski definition) is 10. The smallest absolute Gasteiger partial charge is 0.460 e. The molecule has 3 saturated heterocycles. The molecule has 3 aliphatic rings. The molecule has 15 heteroatoms. The first-order valence-corrected chi connectivity index (χ1v) is 13.6. The molecule has 4 rings (SSSR count). The molecule has 3 N–H and O–H groups in total. The minimum Gasteiger partial charge on any atom is -0.460 e. The molecule has 6 amide bonds. The second-order valence-electron chi connectivity index (χ2n) is 9.62. The Labute approximate surface area is 234 Å². The topological polar surface area (TPSA) is 173 Å².